The summed E-state index contributed by atoms with van der Waals surface area (Å²) in [5.74, 6) is 1.08. The highest BCUT2D eigenvalue weighted by Crippen LogP contribution is 2.22. The molecule has 6 N–H and O–H groups in total. The first-order chi connectivity index (χ1) is 17.7. The van der Waals surface area contributed by atoms with E-state index in [0.717, 1.165) is 100.0 Å². The van der Waals surface area contributed by atoms with Gasteiger partial charge in [0, 0.05) is 12.2 Å². The van der Waals surface area contributed by atoms with Gasteiger partial charge >= 0.3 is 0 Å². The summed E-state index contributed by atoms with van der Waals surface area (Å²) in [5, 5.41) is 6.83. The van der Waals surface area contributed by atoms with Gasteiger partial charge in [0.05, 0.1) is 0 Å². The standard InChI is InChI=1S/C28H38N6O2/c29-13-3-17-31-15-1-5-21-7-9-25-23(19-21)33-27(35-25)11-12-28-34-24-20-22(8-10-26(24)36-28)6-2-16-32-18-4-14-30/h7-12,19-20,31-32H,1-6,13-18,29-30H2/b12-11+. The third-order valence-corrected chi connectivity index (χ3v) is 6.06. The number of nitrogens with zero attached hydrogens (tertiary/aromatic N) is 2. The van der Waals surface area contributed by atoms with E-state index in [1.807, 2.05) is 12.1 Å². The van der Waals surface area contributed by atoms with Crippen LogP contribution in [0.1, 0.15) is 48.6 Å². The van der Waals surface area contributed by atoms with Crippen LogP contribution in [-0.2, 0) is 12.8 Å². The van der Waals surface area contributed by atoms with Gasteiger partial charge in [-0.3, -0.25) is 0 Å². The maximum Gasteiger partial charge on any atom is 0.220 e. The Balaban J connectivity index is 1.31. The van der Waals surface area contributed by atoms with Gasteiger partial charge in [-0.1, -0.05) is 12.1 Å². The minimum Gasteiger partial charge on any atom is -0.437 e. The van der Waals surface area contributed by atoms with Crippen LogP contribution in [0.3, 0.4) is 0 Å². The van der Waals surface area contributed by atoms with E-state index >= 15 is 0 Å². The molecule has 0 amide bonds. The lowest BCUT2D eigenvalue weighted by atomic mass is 10.1. The van der Waals surface area contributed by atoms with Crippen LogP contribution >= 0.6 is 0 Å². The molecule has 192 valence electrons. The number of aromatic nitrogens is 2. The van der Waals surface area contributed by atoms with Crippen LogP contribution in [0.4, 0.5) is 0 Å². The van der Waals surface area contributed by atoms with Crippen molar-refractivity contribution in [2.75, 3.05) is 39.3 Å². The Kier molecular flexibility index (Phi) is 10.0. The quantitative estimate of drug-likeness (QED) is 0.174. The summed E-state index contributed by atoms with van der Waals surface area (Å²) in [7, 11) is 0. The molecule has 36 heavy (non-hydrogen) atoms. The SMILES string of the molecule is NCCCNCCCc1ccc2oc(/C=C/c3nc4cc(CCCNCCCN)ccc4o3)nc2c1. The second-order valence-corrected chi connectivity index (χ2v) is 9.03. The van der Waals surface area contributed by atoms with Crippen LogP contribution in [0.15, 0.2) is 45.2 Å². The first kappa shape index (κ1) is 26.0. The molecule has 2 aromatic carbocycles. The van der Waals surface area contributed by atoms with Gasteiger partial charge in [-0.15, -0.1) is 0 Å². The van der Waals surface area contributed by atoms with Crippen LogP contribution in [0.5, 0.6) is 0 Å². The van der Waals surface area contributed by atoms with Gasteiger partial charge in [-0.25, -0.2) is 9.97 Å². The first-order valence-electron chi connectivity index (χ1n) is 13.0. The maximum absolute atomic E-state index is 5.88. The second kappa shape index (κ2) is 13.9. The number of hydrogen-bond donors (Lipinski definition) is 4. The summed E-state index contributed by atoms with van der Waals surface area (Å²) < 4.78 is 11.8. The van der Waals surface area contributed by atoms with Crippen molar-refractivity contribution in [2.24, 2.45) is 11.5 Å². The third-order valence-electron chi connectivity index (χ3n) is 6.06. The van der Waals surface area contributed by atoms with E-state index in [-0.39, 0.29) is 0 Å². The molecule has 8 nitrogen and oxygen atoms in total. The molecule has 0 saturated heterocycles. The Labute approximate surface area is 212 Å². The van der Waals surface area contributed by atoms with Gasteiger partial charge in [0.25, 0.3) is 0 Å². The molecular weight excluding hydrogens is 452 g/mol. The Bertz CT molecular complexity index is 1150. The van der Waals surface area contributed by atoms with E-state index < -0.39 is 0 Å². The average molecular weight is 491 g/mol. The highest BCUT2D eigenvalue weighted by atomic mass is 16.4. The number of hydrogen-bond acceptors (Lipinski definition) is 8. The average Bonchev–Trinajstić information content (AvgIpc) is 3.49. The van der Waals surface area contributed by atoms with Crippen molar-refractivity contribution in [3.63, 3.8) is 0 Å². The molecule has 0 unspecified atom stereocenters. The number of nitrogens with one attached hydrogen (secondary N) is 2. The fourth-order valence-electron chi connectivity index (χ4n) is 4.12. The molecule has 2 aromatic heterocycles. The molecule has 0 radical (unpaired) electrons. The minimum absolute atomic E-state index is 0.538. The predicted molar refractivity (Wildman–Crippen MR) is 147 cm³/mol. The molecule has 0 spiro atoms. The lowest BCUT2D eigenvalue weighted by molar-refractivity contribution is 0.583. The van der Waals surface area contributed by atoms with Gasteiger partial charge in [0.1, 0.15) is 11.0 Å². The zero-order chi connectivity index (χ0) is 25.0. The topological polar surface area (TPSA) is 128 Å². The van der Waals surface area contributed by atoms with Gasteiger partial charge < -0.3 is 30.9 Å². The lowest BCUT2D eigenvalue weighted by Gasteiger charge is -2.03. The minimum atomic E-state index is 0.538. The molecule has 8 heteroatoms. The largest absolute Gasteiger partial charge is 0.437 e. The van der Waals surface area contributed by atoms with Gasteiger partial charge in [0.2, 0.25) is 11.8 Å². The molecule has 4 aromatic rings. The number of oxazole rings is 2. The molecule has 2 heterocycles. The molecule has 0 aliphatic heterocycles. The van der Waals surface area contributed by atoms with Crippen molar-refractivity contribution < 1.29 is 8.83 Å². The zero-order valence-electron chi connectivity index (χ0n) is 21.0. The Morgan fingerprint density at radius 1 is 0.639 bits per heavy atom. The molecule has 0 aliphatic rings. The fourth-order valence-corrected chi connectivity index (χ4v) is 4.12. The van der Waals surface area contributed by atoms with Crippen molar-refractivity contribution in [1.82, 2.24) is 20.6 Å². The van der Waals surface area contributed by atoms with Crippen molar-refractivity contribution in [3.05, 3.63) is 59.3 Å². The predicted octanol–water partition coefficient (Wildman–Crippen LogP) is 3.88. The first-order valence-corrected chi connectivity index (χ1v) is 13.0. The Hall–Kier alpha value is -3.04. The fraction of sp³-hybridized carbons (Fsp3) is 0.429. The van der Waals surface area contributed by atoms with Gasteiger partial charge in [-0.2, -0.15) is 0 Å². The number of benzene rings is 2. The van der Waals surface area contributed by atoms with Gasteiger partial charge in [-0.05, 0) is 113 Å². The summed E-state index contributed by atoms with van der Waals surface area (Å²) in [5.41, 5.74) is 16.8. The van der Waals surface area contributed by atoms with E-state index in [1.165, 1.54) is 11.1 Å². The number of rotatable bonds is 16. The highest BCUT2D eigenvalue weighted by Gasteiger charge is 2.07. The van der Waals surface area contributed by atoms with Crippen molar-refractivity contribution in [3.8, 4) is 0 Å². The number of fused-ring (bicyclic) bond motifs is 2. The van der Waals surface area contributed by atoms with Crippen molar-refractivity contribution in [2.45, 2.75) is 38.5 Å². The summed E-state index contributed by atoms with van der Waals surface area (Å²) in [4.78, 5) is 9.24. The number of aryl methyl sites for hydroxylation is 2. The van der Waals surface area contributed by atoms with Crippen LogP contribution in [0.25, 0.3) is 34.4 Å². The zero-order valence-corrected chi connectivity index (χ0v) is 21.0. The summed E-state index contributed by atoms with van der Waals surface area (Å²) >= 11 is 0. The van der Waals surface area contributed by atoms with E-state index in [4.69, 9.17) is 20.3 Å². The van der Waals surface area contributed by atoms with Crippen LogP contribution in [0.2, 0.25) is 0 Å². The molecule has 0 bridgehead atoms. The second-order valence-electron chi connectivity index (χ2n) is 9.03. The van der Waals surface area contributed by atoms with E-state index in [1.54, 1.807) is 12.2 Å². The Morgan fingerprint density at radius 2 is 1.08 bits per heavy atom. The van der Waals surface area contributed by atoms with E-state index in [2.05, 4.69) is 44.9 Å². The maximum atomic E-state index is 5.88. The monoisotopic (exact) mass is 490 g/mol. The normalized spacial score (nSPS) is 11.9. The molecule has 4 rings (SSSR count). The molecule has 0 aliphatic carbocycles. The molecule has 0 saturated carbocycles. The van der Waals surface area contributed by atoms with Crippen LogP contribution < -0.4 is 22.1 Å². The summed E-state index contributed by atoms with van der Waals surface area (Å²) in [6.07, 6.45) is 9.79. The lowest BCUT2D eigenvalue weighted by Crippen LogP contribution is -2.19. The van der Waals surface area contributed by atoms with Crippen LogP contribution in [0, 0.1) is 0 Å². The van der Waals surface area contributed by atoms with E-state index in [9.17, 15) is 0 Å². The van der Waals surface area contributed by atoms with Crippen molar-refractivity contribution in [1.29, 1.82) is 0 Å². The smallest absolute Gasteiger partial charge is 0.220 e. The Morgan fingerprint density at radius 3 is 1.53 bits per heavy atom. The van der Waals surface area contributed by atoms with Crippen molar-refractivity contribution >= 4 is 34.4 Å². The van der Waals surface area contributed by atoms with Crippen LogP contribution in [-0.4, -0.2) is 49.2 Å². The summed E-state index contributed by atoms with van der Waals surface area (Å²) in [6.45, 7) is 5.39. The number of nitrogens with two attached hydrogens (primary N) is 2. The molecular formula is C28H38N6O2. The molecule has 0 fully saturated rings. The van der Waals surface area contributed by atoms with Gasteiger partial charge in [0.15, 0.2) is 11.2 Å². The third kappa shape index (κ3) is 7.73. The highest BCUT2D eigenvalue weighted by molar-refractivity contribution is 5.78. The van der Waals surface area contributed by atoms with E-state index in [0.29, 0.717) is 11.8 Å². The molecule has 0 atom stereocenters. The summed E-state index contributed by atoms with van der Waals surface area (Å²) in [6, 6.07) is 12.4.